The van der Waals surface area contributed by atoms with Gasteiger partial charge in [-0.3, -0.25) is 4.79 Å². The van der Waals surface area contributed by atoms with E-state index in [9.17, 15) is 25.2 Å². The summed E-state index contributed by atoms with van der Waals surface area (Å²) >= 11 is 0. The highest BCUT2D eigenvalue weighted by atomic mass is 16.7. The molecule has 0 spiro atoms. The molecule has 0 unspecified atom stereocenters. The van der Waals surface area contributed by atoms with Crippen LogP contribution in [0.3, 0.4) is 0 Å². The van der Waals surface area contributed by atoms with Crippen molar-refractivity contribution in [2.45, 2.75) is 75.5 Å². The number of fused-ring (bicyclic) bond motifs is 1. The van der Waals surface area contributed by atoms with E-state index in [4.69, 9.17) is 14.2 Å². The van der Waals surface area contributed by atoms with Crippen LogP contribution in [0.4, 0.5) is 0 Å². The first kappa shape index (κ1) is 19.7. The molecule has 2 aliphatic heterocycles. The van der Waals surface area contributed by atoms with Gasteiger partial charge in [-0.05, 0) is 12.8 Å². The Morgan fingerprint density at radius 1 is 1.19 bits per heavy atom. The fourth-order valence-corrected chi connectivity index (χ4v) is 4.04. The molecule has 3 rings (SSSR count). The second-order valence-electron chi connectivity index (χ2n) is 7.26. The van der Waals surface area contributed by atoms with Gasteiger partial charge in [-0.15, -0.1) is 0 Å². The summed E-state index contributed by atoms with van der Waals surface area (Å²) in [4.78, 5) is 12.2. The maximum Gasteiger partial charge on any atom is 0.313 e. The molecule has 0 aromatic heterocycles. The van der Waals surface area contributed by atoms with Crippen LogP contribution in [-0.4, -0.2) is 75.9 Å². The second kappa shape index (κ2) is 8.33. The smallest absolute Gasteiger partial charge is 0.313 e. The molecule has 4 N–H and O–H groups in total. The number of cyclic esters (lactones) is 1. The Kier molecular flexibility index (Phi) is 6.32. The van der Waals surface area contributed by atoms with Gasteiger partial charge in [0.15, 0.2) is 6.29 Å². The van der Waals surface area contributed by atoms with Crippen molar-refractivity contribution in [3.05, 3.63) is 12.2 Å². The minimum absolute atomic E-state index is 0.189. The molecular formula is C18H28O8. The molecule has 0 radical (unpaired) electrons. The van der Waals surface area contributed by atoms with Gasteiger partial charge in [-0.25, -0.2) is 0 Å². The lowest BCUT2D eigenvalue weighted by molar-refractivity contribution is -0.316. The van der Waals surface area contributed by atoms with Crippen LogP contribution >= 0.6 is 0 Å². The first-order valence-electron chi connectivity index (χ1n) is 9.31. The van der Waals surface area contributed by atoms with Crippen molar-refractivity contribution >= 4 is 5.97 Å². The normalized spacial score (nSPS) is 45.4. The van der Waals surface area contributed by atoms with Gasteiger partial charge in [0.1, 0.15) is 30.5 Å². The van der Waals surface area contributed by atoms with Gasteiger partial charge in [0.2, 0.25) is 0 Å². The third-order valence-corrected chi connectivity index (χ3v) is 5.52. The van der Waals surface area contributed by atoms with E-state index in [1.807, 2.05) is 12.2 Å². The molecule has 26 heavy (non-hydrogen) atoms. The summed E-state index contributed by atoms with van der Waals surface area (Å²) in [5.74, 6) is -0.846. The zero-order valence-electron chi connectivity index (χ0n) is 14.8. The summed E-state index contributed by atoms with van der Waals surface area (Å²) in [5.41, 5.74) is 0. The highest BCUT2D eigenvalue weighted by Gasteiger charge is 2.51. The SMILES string of the molecule is CCCC[C@@H]1OC(=O)[C@@H]2C=CC[C@H](O[C@@H]3O[C@H](CO)[C@@H](O)[C@H](O)[C@H]3O)[C@H]12. The molecule has 0 amide bonds. The molecule has 1 aliphatic carbocycles. The Balaban J connectivity index is 1.73. The molecule has 0 saturated carbocycles. The number of hydrogen-bond acceptors (Lipinski definition) is 8. The van der Waals surface area contributed by atoms with Gasteiger partial charge in [-0.2, -0.15) is 0 Å². The zero-order valence-corrected chi connectivity index (χ0v) is 14.8. The molecular weight excluding hydrogens is 344 g/mol. The summed E-state index contributed by atoms with van der Waals surface area (Å²) in [5, 5.41) is 39.3. The number of aliphatic hydroxyl groups excluding tert-OH is 4. The Morgan fingerprint density at radius 3 is 2.65 bits per heavy atom. The second-order valence-corrected chi connectivity index (χ2v) is 7.26. The van der Waals surface area contributed by atoms with Gasteiger partial charge in [0.05, 0.1) is 18.6 Å². The molecule has 2 saturated heterocycles. The van der Waals surface area contributed by atoms with E-state index in [1.54, 1.807) is 0 Å². The summed E-state index contributed by atoms with van der Waals surface area (Å²) in [7, 11) is 0. The Bertz CT molecular complexity index is 521. The number of unbranched alkanes of at least 4 members (excludes halogenated alkanes) is 1. The quantitative estimate of drug-likeness (QED) is 0.362. The van der Waals surface area contributed by atoms with E-state index in [2.05, 4.69) is 6.92 Å². The van der Waals surface area contributed by atoms with Crippen molar-refractivity contribution in [2.75, 3.05) is 6.61 Å². The number of carbonyl (C=O) groups is 1. The number of ether oxygens (including phenoxy) is 3. The lowest BCUT2D eigenvalue weighted by atomic mass is 9.79. The molecule has 9 atom stereocenters. The van der Waals surface area contributed by atoms with E-state index in [-0.39, 0.29) is 23.9 Å². The molecule has 3 aliphatic rings. The molecule has 0 aromatic carbocycles. The average molecular weight is 372 g/mol. The van der Waals surface area contributed by atoms with Crippen molar-refractivity contribution < 1.29 is 39.4 Å². The largest absolute Gasteiger partial charge is 0.461 e. The first-order chi connectivity index (χ1) is 12.5. The highest BCUT2D eigenvalue weighted by molar-refractivity contribution is 5.77. The fourth-order valence-electron chi connectivity index (χ4n) is 4.04. The third kappa shape index (κ3) is 3.67. The number of hydrogen-bond donors (Lipinski definition) is 4. The zero-order chi connectivity index (χ0) is 18.8. The molecule has 8 heteroatoms. The van der Waals surface area contributed by atoms with Crippen molar-refractivity contribution in [1.82, 2.24) is 0 Å². The molecule has 148 valence electrons. The van der Waals surface area contributed by atoms with Crippen LogP contribution in [0.2, 0.25) is 0 Å². The van der Waals surface area contributed by atoms with Gasteiger partial charge in [-0.1, -0.05) is 31.9 Å². The van der Waals surface area contributed by atoms with Crippen LogP contribution in [0.25, 0.3) is 0 Å². The third-order valence-electron chi connectivity index (χ3n) is 5.52. The van der Waals surface area contributed by atoms with Crippen molar-refractivity contribution in [1.29, 1.82) is 0 Å². The Labute approximate surface area is 152 Å². The van der Waals surface area contributed by atoms with Crippen LogP contribution in [0.15, 0.2) is 12.2 Å². The van der Waals surface area contributed by atoms with Crippen molar-refractivity contribution in [3.8, 4) is 0 Å². The highest BCUT2D eigenvalue weighted by Crippen LogP contribution is 2.41. The van der Waals surface area contributed by atoms with Crippen LogP contribution in [-0.2, 0) is 19.0 Å². The predicted molar refractivity (Wildman–Crippen MR) is 88.8 cm³/mol. The average Bonchev–Trinajstić information content (AvgIpc) is 2.97. The Hall–Kier alpha value is -1.03. The van der Waals surface area contributed by atoms with Gasteiger partial charge in [0.25, 0.3) is 0 Å². The fraction of sp³-hybridized carbons (Fsp3) is 0.833. The van der Waals surface area contributed by atoms with E-state index < -0.39 is 43.4 Å². The number of aliphatic hydroxyl groups is 4. The van der Waals surface area contributed by atoms with E-state index in [0.29, 0.717) is 6.42 Å². The first-order valence-corrected chi connectivity index (χ1v) is 9.31. The van der Waals surface area contributed by atoms with Gasteiger partial charge >= 0.3 is 5.97 Å². The lowest BCUT2D eigenvalue weighted by Gasteiger charge is -2.42. The minimum atomic E-state index is -1.49. The monoisotopic (exact) mass is 372 g/mol. The van der Waals surface area contributed by atoms with Gasteiger partial charge in [0, 0.05) is 5.92 Å². The van der Waals surface area contributed by atoms with E-state index in [0.717, 1.165) is 19.3 Å². The summed E-state index contributed by atoms with van der Waals surface area (Å²) in [6.07, 6.45) is -0.419. The van der Waals surface area contributed by atoms with Crippen LogP contribution in [0.1, 0.15) is 32.6 Å². The van der Waals surface area contributed by atoms with E-state index >= 15 is 0 Å². The summed E-state index contributed by atoms with van der Waals surface area (Å²) in [6, 6.07) is 0. The molecule has 2 fully saturated rings. The van der Waals surface area contributed by atoms with Crippen molar-refractivity contribution in [3.63, 3.8) is 0 Å². The summed E-state index contributed by atoms with van der Waals surface area (Å²) in [6.45, 7) is 1.55. The van der Waals surface area contributed by atoms with Crippen molar-refractivity contribution in [2.24, 2.45) is 11.8 Å². The molecule has 8 nitrogen and oxygen atoms in total. The topological polar surface area (TPSA) is 126 Å². The van der Waals surface area contributed by atoms with Crippen LogP contribution in [0.5, 0.6) is 0 Å². The predicted octanol–water partition coefficient (Wildman–Crippen LogP) is -0.521. The summed E-state index contributed by atoms with van der Waals surface area (Å²) < 4.78 is 16.9. The molecule has 0 aromatic rings. The minimum Gasteiger partial charge on any atom is -0.461 e. The van der Waals surface area contributed by atoms with Crippen LogP contribution < -0.4 is 0 Å². The number of rotatable bonds is 6. The van der Waals surface area contributed by atoms with Gasteiger partial charge < -0.3 is 34.6 Å². The molecule has 0 bridgehead atoms. The maximum atomic E-state index is 12.2. The van der Waals surface area contributed by atoms with Crippen LogP contribution in [0, 0.1) is 11.8 Å². The maximum absolute atomic E-state index is 12.2. The Morgan fingerprint density at radius 2 is 1.96 bits per heavy atom. The van der Waals surface area contributed by atoms with E-state index in [1.165, 1.54) is 0 Å². The molecule has 2 heterocycles. The number of carbonyl (C=O) groups excluding carboxylic acids is 1. The standard InChI is InChI=1S/C18H28O8/c1-2-3-6-10-13-9(17(23)24-10)5-4-7-11(13)25-18-16(22)15(21)14(20)12(8-19)26-18/h4-5,9-16,18-22H,2-3,6-8H2,1H3/t9-,10+,11+,12-,13+,14-,15+,16-,18-/m1/s1. The lowest BCUT2D eigenvalue weighted by Crippen LogP contribution is -2.60. The number of esters is 1.